The van der Waals surface area contributed by atoms with Crippen molar-refractivity contribution in [2.45, 2.75) is 102 Å². The van der Waals surface area contributed by atoms with E-state index in [9.17, 15) is 4.79 Å². The second-order valence-electron chi connectivity index (χ2n) is 5.83. The molecule has 3 heteroatoms. The van der Waals surface area contributed by atoms with Crippen molar-refractivity contribution in [3.8, 4) is 0 Å². The second-order valence-corrected chi connectivity index (χ2v) is 7.64. The van der Waals surface area contributed by atoms with Crippen molar-refractivity contribution in [2.75, 3.05) is 0 Å². The molecule has 0 aromatic carbocycles. The molecule has 0 bridgehead atoms. The number of hydrogen-bond donors (Lipinski definition) is 1. The minimum atomic E-state index is -0.657. The van der Waals surface area contributed by atoms with Crippen LogP contribution >= 0.6 is 0 Å². The Kier molecular flexibility index (Phi) is 21.5. The van der Waals surface area contributed by atoms with Gasteiger partial charge in [0.15, 0.2) is 0 Å². The normalized spacial score (nSPS) is 10.2. The molecule has 0 aliphatic heterocycles. The zero-order chi connectivity index (χ0) is 15.6. The maximum absolute atomic E-state index is 10.3. The van der Waals surface area contributed by atoms with Crippen LogP contribution in [0.3, 0.4) is 0 Å². The summed E-state index contributed by atoms with van der Waals surface area (Å²) in [6.45, 7) is 6.58. The van der Waals surface area contributed by atoms with E-state index in [1.165, 1.54) is 57.8 Å². The summed E-state index contributed by atoms with van der Waals surface area (Å²) in [5.41, 5.74) is 0. The first kappa shape index (κ1) is 22.5. The van der Waals surface area contributed by atoms with Crippen LogP contribution in [-0.4, -0.2) is 11.1 Å². The molecular formula is C17H35O2Ti. The van der Waals surface area contributed by atoms with Gasteiger partial charge in [0.05, 0.1) is 0 Å². The number of carboxylic acids is 1. The van der Waals surface area contributed by atoms with Crippen molar-refractivity contribution in [3.05, 3.63) is 0 Å². The third-order valence-electron chi connectivity index (χ3n) is 2.99. The molecule has 0 rings (SSSR count). The van der Waals surface area contributed by atoms with Crippen molar-refractivity contribution in [3.63, 3.8) is 0 Å². The third kappa shape index (κ3) is 30.9. The molecule has 1 N–H and O–H groups in total. The molecule has 119 valence electrons. The maximum atomic E-state index is 10.3. The van der Waals surface area contributed by atoms with Crippen LogP contribution in [0.1, 0.15) is 97.8 Å². The van der Waals surface area contributed by atoms with E-state index in [1.54, 1.807) is 0 Å². The standard InChI is InChI=1S/C14H28O2.C3H7.Ti/c1-2-3-4-5-6-7-8-9-10-11-12-13-14(15)16;1-3-2;/h2-13H2,1H3,(H,15,16);3H,1-2H3;. The molecule has 0 fully saturated rings. The van der Waals surface area contributed by atoms with Gasteiger partial charge in [-0.05, 0) is 6.42 Å². The average molecular weight is 319 g/mol. The van der Waals surface area contributed by atoms with Crippen LogP contribution in [0.15, 0.2) is 0 Å². The summed E-state index contributed by atoms with van der Waals surface area (Å²) in [5.74, 6) is -0.657. The predicted octanol–water partition coefficient (Wildman–Crippen LogP) is 6.13. The van der Waals surface area contributed by atoms with Crippen LogP contribution in [0.2, 0.25) is 4.22 Å². The molecule has 0 aromatic heterocycles. The van der Waals surface area contributed by atoms with E-state index in [0.29, 0.717) is 6.42 Å². The van der Waals surface area contributed by atoms with Crippen molar-refractivity contribution in [1.29, 1.82) is 0 Å². The monoisotopic (exact) mass is 319 g/mol. The average Bonchev–Trinajstić information content (AvgIpc) is 2.35. The van der Waals surface area contributed by atoms with Crippen molar-refractivity contribution >= 4 is 5.97 Å². The summed E-state index contributed by atoms with van der Waals surface area (Å²) in [7, 11) is 0. The summed E-state index contributed by atoms with van der Waals surface area (Å²) in [4.78, 5) is 10.3. The van der Waals surface area contributed by atoms with Crippen LogP contribution in [0, 0.1) is 0 Å². The van der Waals surface area contributed by atoms with Gasteiger partial charge in [-0.3, -0.25) is 4.79 Å². The van der Waals surface area contributed by atoms with Gasteiger partial charge in [0.25, 0.3) is 0 Å². The first-order chi connectivity index (χ1) is 9.50. The predicted molar refractivity (Wildman–Crippen MR) is 83.8 cm³/mol. The van der Waals surface area contributed by atoms with Crippen LogP contribution in [0.5, 0.6) is 0 Å². The van der Waals surface area contributed by atoms with Gasteiger partial charge in [0, 0.05) is 6.42 Å². The van der Waals surface area contributed by atoms with Crippen molar-refractivity contribution in [1.82, 2.24) is 0 Å². The first-order valence-corrected chi connectivity index (χ1v) is 9.33. The van der Waals surface area contributed by atoms with Crippen molar-refractivity contribution < 1.29 is 30.3 Å². The zero-order valence-electron chi connectivity index (χ0n) is 13.9. The molecule has 2 nitrogen and oxygen atoms in total. The summed E-state index contributed by atoms with van der Waals surface area (Å²) < 4.78 is 0.833. The van der Waals surface area contributed by atoms with E-state index < -0.39 is 5.97 Å². The molecule has 0 radical (unpaired) electrons. The van der Waals surface area contributed by atoms with E-state index >= 15 is 0 Å². The summed E-state index contributed by atoms with van der Waals surface area (Å²) in [6.07, 6.45) is 14.4. The molecule has 0 saturated heterocycles. The molecule has 0 heterocycles. The number of aliphatic carboxylic acids is 1. The molecule has 0 aliphatic rings. The summed E-state index contributed by atoms with van der Waals surface area (Å²) >= 11 is 2.17. The molecule has 0 unspecified atom stereocenters. The topological polar surface area (TPSA) is 37.3 Å². The van der Waals surface area contributed by atoms with E-state index in [0.717, 1.165) is 17.1 Å². The third-order valence-corrected chi connectivity index (χ3v) is 2.99. The van der Waals surface area contributed by atoms with E-state index in [-0.39, 0.29) is 0 Å². The molecule has 0 aliphatic carbocycles. The number of hydrogen-bond acceptors (Lipinski definition) is 1. The van der Waals surface area contributed by atoms with Gasteiger partial charge in [-0.25, -0.2) is 0 Å². The fourth-order valence-corrected chi connectivity index (χ4v) is 1.94. The van der Waals surface area contributed by atoms with Crippen LogP contribution < -0.4 is 0 Å². The first-order valence-electron chi connectivity index (χ1n) is 8.43. The molecule has 0 amide bonds. The summed E-state index contributed by atoms with van der Waals surface area (Å²) in [6, 6.07) is 0. The van der Waals surface area contributed by atoms with E-state index in [2.05, 4.69) is 41.2 Å². The van der Waals surface area contributed by atoms with Gasteiger partial charge in [-0.15, -0.1) is 0 Å². The fourth-order valence-electron chi connectivity index (χ4n) is 1.94. The summed E-state index contributed by atoms with van der Waals surface area (Å²) in [5, 5.41) is 8.46. The Morgan fingerprint density at radius 2 is 1.15 bits per heavy atom. The minimum absolute atomic E-state index is 0.344. The molecule has 0 spiro atoms. The van der Waals surface area contributed by atoms with Gasteiger partial charge >= 0.3 is 44.5 Å². The SMILES string of the molecule is CCCCCCCCCCCCCC(=O)O.C[CH](C)[Ti]. The second kappa shape index (κ2) is 19.2. The Hall–Kier alpha value is 0.184. The van der Waals surface area contributed by atoms with Gasteiger partial charge in [0.2, 0.25) is 0 Å². The van der Waals surface area contributed by atoms with E-state index in [4.69, 9.17) is 5.11 Å². The van der Waals surface area contributed by atoms with Crippen LogP contribution in [0.4, 0.5) is 0 Å². The van der Waals surface area contributed by atoms with Gasteiger partial charge in [-0.2, -0.15) is 0 Å². The van der Waals surface area contributed by atoms with E-state index in [1.807, 2.05) is 0 Å². The van der Waals surface area contributed by atoms with Gasteiger partial charge in [-0.1, -0.05) is 71.1 Å². The Bertz CT molecular complexity index is 191. The molecule has 20 heavy (non-hydrogen) atoms. The van der Waals surface area contributed by atoms with Crippen molar-refractivity contribution in [2.24, 2.45) is 0 Å². The Morgan fingerprint density at radius 3 is 1.45 bits per heavy atom. The molecule has 0 aromatic rings. The fraction of sp³-hybridized carbons (Fsp3) is 0.941. The Balaban J connectivity index is 0. The molecule has 0 atom stereocenters. The molecule has 0 saturated carbocycles. The Labute approximate surface area is 138 Å². The zero-order valence-corrected chi connectivity index (χ0v) is 15.5. The number of rotatable bonds is 12. The number of carbonyl (C=O) groups is 1. The molecular weight excluding hydrogens is 284 g/mol. The van der Waals surface area contributed by atoms with Gasteiger partial charge < -0.3 is 5.11 Å². The number of unbranched alkanes of at least 4 members (excludes halogenated alkanes) is 10. The van der Waals surface area contributed by atoms with Crippen LogP contribution in [-0.2, 0) is 25.2 Å². The van der Waals surface area contributed by atoms with Crippen LogP contribution in [0.25, 0.3) is 0 Å². The Morgan fingerprint density at radius 1 is 0.850 bits per heavy atom. The number of carboxylic acid groups (broad SMARTS) is 1. The quantitative estimate of drug-likeness (QED) is 0.347. The van der Waals surface area contributed by atoms with Gasteiger partial charge in [0.1, 0.15) is 0 Å².